The molecule has 0 aliphatic carbocycles. The zero-order valence-electron chi connectivity index (χ0n) is 12.8. The third-order valence-corrected chi connectivity index (χ3v) is 4.57. The van der Waals surface area contributed by atoms with Crippen LogP contribution in [0.4, 0.5) is 5.69 Å². The highest BCUT2D eigenvalue weighted by Gasteiger charge is 2.54. The summed E-state index contributed by atoms with van der Waals surface area (Å²) in [6, 6.07) is 7.92. The van der Waals surface area contributed by atoms with Crippen molar-refractivity contribution in [1.82, 2.24) is 9.80 Å². The first-order chi connectivity index (χ1) is 9.95. The number of amides is 2. The minimum Gasteiger partial charge on any atom is -0.340 e. The minimum atomic E-state index is -0.534. The van der Waals surface area contributed by atoms with Crippen LogP contribution in [0.25, 0.3) is 0 Å². The lowest BCUT2D eigenvalue weighted by molar-refractivity contribution is -0.131. The van der Waals surface area contributed by atoms with Crippen LogP contribution in [0.2, 0.25) is 0 Å². The zero-order valence-corrected chi connectivity index (χ0v) is 12.8. The lowest BCUT2D eigenvalue weighted by Crippen LogP contribution is -2.43. The van der Waals surface area contributed by atoms with Crippen LogP contribution in [-0.2, 0) is 15.0 Å². The van der Waals surface area contributed by atoms with Gasteiger partial charge in [-0.05, 0) is 32.1 Å². The van der Waals surface area contributed by atoms with Crippen molar-refractivity contribution in [3.8, 4) is 0 Å². The molecule has 0 radical (unpaired) electrons. The number of para-hydroxylation sites is 1. The molecule has 5 heteroatoms. The van der Waals surface area contributed by atoms with Gasteiger partial charge in [-0.15, -0.1) is 0 Å². The highest BCUT2D eigenvalue weighted by Crippen LogP contribution is 2.46. The summed E-state index contributed by atoms with van der Waals surface area (Å²) in [4.78, 5) is 30.4. The van der Waals surface area contributed by atoms with Crippen LogP contribution in [0.15, 0.2) is 24.3 Å². The van der Waals surface area contributed by atoms with E-state index in [0.29, 0.717) is 26.1 Å². The molecule has 1 aromatic carbocycles. The van der Waals surface area contributed by atoms with Gasteiger partial charge in [0.1, 0.15) is 0 Å². The van der Waals surface area contributed by atoms with Crippen molar-refractivity contribution in [3.05, 3.63) is 29.8 Å². The maximum Gasteiger partial charge on any atom is 0.239 e. The van der Waals surface area contributed by atoms with Gasteiger partial charge < -0.3 is 14.7 Å². The first-order valence-corrected chi connectivity index (χ1v) is 7.26. The number of nitrogens with zero attached hydrogens (tertiary/aromatic N) is 3. The van der Waals surface area contributed by atoms with E-state index in [4.69, 9.17) is 0 Å². The van der Waals surface area contributed by atoms with Crippen molar-refractivity contribution in [2.24, 2.45) is 0 Å². The van der Waals surface area contributed by atoms with Crippen LogP contribution in [0.3, 0.4) is 0 Å². The van der Waals surface area contributed by atoms with Gasteiger partial charge in [0, 0.05) is 25.8 Å². The summed E-state index contributed by atoms with van der Waals surface area (Å²) < 4.78 is 0. The third kappa shape index (κ3) is 2.03. The maximum absolute atomic E-state index is 12.8. The number of fused-ring (bicyclic) bond motifs is 2. The van der Waals surface area contributed by atoms with E-state index in [1.807, 2.05) is 55.2 Å². The first-order valence-electron chi connectivity index (χ1n) is 7.26. The van der Waals surface area contributed by atoms with E-state index in [9.17, 15) is 9.59 Å². The second-order valence-corrected chi connectivity index (χ2v) is 6.27. The molecule has 112 valence electrons. The van der Waals surface area contributed by atoms with Gasteiger partial charge in [-0.25, -0.2) is 0 Å². The Labute approximate surface area is 125 Å². The maximum atomic E-state index is 12.8. The molecule has 2 aliphatic heterocycles. The summed E-state index contributed by atoms with van der Waals surface area (Å²) in [5.41, 5.74) is 1.51. The van der Waals surface area contributed by atoms with Crippen molar-refractivity contribution in [2.75, 3.05) is 45.7 Å². The van der Waals surface area contributed by atoms with E-state index >= 15 is 0 Å². The van der Waals surface area contributed by atoms with E-state index in [0.717, 1.165) is 11.3 Å². The Kier molecular flexibility index (Phi) is 3.24. The molecule has 2 aliphatic rings. The largest absolute Gasteiger partial charge is 0.340 e. The van der Waals surface area contributed by atoms with Crippen molar-refractivity contribution in [3.63, 3.8) is 0 Å². The number of carbonyl (C=O) groups excluding carboxylic acids is 2. The van der Waals surface area contributed by atoms with Crippen molar-refractivity contribution < 1.29 is 9.59 Å². The Morgan fingerprint density at radius 3 is 2.76 bits per heavy atom. The SMILES string of the molecule is CN(C)CC(=O)N1CCC2(C1)C(=O)N(C)c1ccccc12. The topological polar surface area (TPSA) is 43.9 Å². The third-order valence-electron chi connectivity index (χ3n) is 4.57. The number of carbonyl (C=O) groups is 2. The molecule has 0 bridgehead atoms. The molecule has 1 spiro atoms. The van der Waals surface area contributed by atoms with Crippen LogP contribution < -0.4 is 4.90 Å². The minimum absolute atomic E-state index is 0.0942. The average Bonchev–Trinajstić information content (AvgIpc) is 2.98. The number of benzene rings is 1. The Balaban J connectivity index is 1.90. The van der Waals surface area contributed by atoms with Gasteiger partial charge in [-0.1, -0.05) is 18.2 Å². The first kappa shape index (κ1) is 14.1. The lowest BCUT2D eigenvalue weighted by Gasteiger charge is -2.24. The van der Waals surface area contributed by atoms with Crippen molar-refractivity contribution >= 4 is 17.5 Å². The Bertz CT molecular complexity index is 599. The molecule has 1 fully saturated rings. The van der Waals surface area contributed by atoms with Gasteiger partial charge >= 0.3 is 0 Å². The molecule has 1 atom stereocenters. The van der Waals surface area contributed by atoms with Crippen LogP contribution in [0, 0.1) is 0 Å². The summed E-state index contributed by atoms with van der Waals surface area (Å²) >= 11 is 0. The summed E-state index contributed by atoms with van der Waals surface area (Å²) in [5, 5.41) is 0. The Hall–Kier alpha value is -1.88. The summed E-state index contributed by atoms with van der Waals surface area (Å²) in [6.45, 7) is 1.54. The fourth-order valence-corrected chi connectivity index (χ4v) is 3.50. The number of likely N-dealkylation sites (N-methyl/N-ethyl adjacent to an activating group) is 2. The van der Waals surface area contributed by atoms with Crippen LogP contribution in [0.1, 0.15) is 12.0 Å². The highest BCUT2D eigenvalue weighted by atomic mass is 16.2. The molecular weight excluding hydrogens is 266 g/mol. The molecule has 1 aromatic rings. The van der Waals surface area contributed by atoms with Crippen molar-refractivity contribution in [1.29, 1.82) is 0 Å². The van der Waals surface area contributed by atoms with Gasteiger partial charge in [0.2, 0.25) is 11.8 Å². The molecule has 0 N–H and O–H groups in total. The summed E-state index contributed by atoms with van der Waals surface area (Å²) in [6.07, 6.45) is 0.715. The van der Waals surface area contributed by atoms with E-state index in [1.165, 1.54) is 0 Å². The van der Waals surface area contributed by atoms with Crippen LogP contribution in [0.5, 0.6) is 0 Å². The lowest BCUT2D eigenvalue weighted by atomic mass is 9.81. The second kappa shape index (κ2) is 4.84. The van der Waals surface area contributed by atoms with Gasteiger partial charge in [-0.2, -0.15) is 0 Å². The molecule has 1 saturated heterocycles. The van der Waals surface area contributed by atoms with E-state index in [-0.39, 0.29) is 11.8 Å². The molecule has 0 saturated carbocycles. The van der Waals surface area contributed by atoms with Gasteiger partial charge in [0.15, 0.2) is 0 Å². The highest BCUT2D eigenvalue weighted by molar-refractivity contribution is 6.08. The summed E-state index contributed by atoms with van der Waals surface area (Å²) in [7, 11) is 5.58. The van der Waals surface area contributed by atoms with Crippen LogP contribution >= 0.6 is 0 Å². The monoisotopic (exact) mass is 287 g/mol. The number of likely N-dealkylation sites (tertiary alicyclic amines) is 1. The second-order valence-electron chi connectivity index (χ2n) is 6.27. The van der Waals surface area contributed by atoms with Gasteiger partial charge in [0.25, 0.3) is 0 Å². The molecule has 1 unspecified atom stereocenters. The molecule has 3 rings (SSSR count). The molecule has 21 heavy (non-hydrogen) atoms. The Morgan fingerprint density at radius 2 is 2.05 bits per heavy atom. The van der Waals surface area contributed by atoms with Crippen LogP contribution in [-0.4, -0.2) is 62.4 Å². The fourth-order valence-electron chi connectivity index (χ4n) is 3.50. The molecule has 2 heterocycles. The van der Waals surface area contributed by atoms with E-state index < -0.39 is 5.41 Å². The van der Waals surface area contributed by atoms with E-state index in [2.05, 4.69) is 0 Å². The number of rotatable bonds is 2. The summed E-state index contributed by atoms with van der Waals surface area (Å²) in [5.74, 6) is 0.209. The van der Waals surface area contributed by atoms with Gasteiger partial charge in [0.05, 0.1) is 12.0 Å². The number of anilines is 1. The molecule has 0 aromatic heterocycles. The number of hydrogen-bond acceptors (Lipinski definition) is 3. The normalized spacial score (nSPS) is 24.3. The smallest absolute Gasteiger partial charge is 0.239 e. The Morgan fingerprint density at radius 1 is 1.33 bits per heavy atom. The molecule has 5 nitrogen and oxygen atoms in total. The standard InChI is InChI=1S/C16H21N3O2/c1-17(2)10-14(20)19-9-8-16(11-19)12-6-4-5-7-13(12)18(3)15(16)21/h4-7H,8-11H2,1-3H3. The van der Waals surface area contributed by atoms with E-state index in [1.54, 1.807) is 4.90 Å². The molecule has 2 amide bonds. The van der Waals surface area contributed by atoms with Crippen molar-refractivity contribution in [2.45, 2.75) is 11.8 Å². The predicted octanol–water partition coefficient (Wildman–Crippen LogP) is 0.695. The average molecular weight is 287 g/mol. The quantitative estimate of drug-likeness (QED) is 0.804. The molecular formula is C16H21N3O2. The zero-order chi connectivity index (χ0) is 15.2. The number of hydrogen-bond donors (Lipinski definition) is 0. The fraction of sp³-hybridized carbons (Fsp3) is 0.500. The predicted molar refractivity (Wildman–Crippen MR) is 81.3 cm³/mol. The van der Waals surface area contributed by atoms with Gasteiger partial charge in [-0.3, -0.25) is 9.59 Å².